The van der Waals surface area contributed by atoms with Gasteiger partial charge < -0.3 is 10.1 Å². The first-order valence-corrected chi connectivity index (χ1v) is 8.24. The molecule has 0 radical (unpaired) electrons. The Kier molecular flexibility index (Phi) is 6.64. The molecule has 0 fully saturated rings. The number of methoxy groups -OCH3 is 1. The van der Waals surface area contributed by atoms with Crippen molar-refractivity contribution in [3.63, 3.8) is 0 Å². The van der Waals surface area contributed by atoms with Crippen LogP contribution in [0.25, 0.3) is 0 Å². The molecule has 7 heteroatoms. The summed E-state index contributed by atoms with van der Waals surface area (Å²) in [5.41, 5.74) is 0.995. The molecule has 25 heavy (non-hydrogen) atoms. The minimum Gasteiger partial charge on any atom is -0.467 e. The molecule has 0 aliphatic carbocycles. The zero-order valence-corrected chi connectivity index (χ0v) is 15.0. The normalized spacial score (nSPS) is 11.7. The van der Waals surface area contributed by atoms with Crippen LogP contribution in [0.15, 0.2) is 46.9 Å². The number of amides is 1. The summed E-state index contributed by atoms with van der Waals surface area (Å²) < 4.78 is 31.9. The van der Waals surface area contributed by atoms with Crippen LogP contribution in [-0.2, 0) is 27.2 Å². The molecule has 0 spiro atoms. The van der Waals surface area contributed by atoms with E-state index in [9.17, 15) is 18.4 Å². The summed E-state index contributed by atoms with van der Waals surface area (Å²) in [6, 6.07) is 9.24. The Labute approximate surface area is 152 Å². The van der Waals surface area contributed by atoms with Crippen molar-refractivity contribution in [2.24, 2.45) is 0 Å². The summed E-state index contributed by atoms with van der Waals surface area (Å²) in [5.74, 6) is -2.66. The third kappa shape index (κ3) is 5.63. The fourth-order valence-electron chi connectivity index (χ4n) is 2.36. The molecule has 0 bridgehead atoms. The van der Waals surface area contributed by atoms with Gasteiger partial charge in [-0.2, -0.15) is 0 Å². The van der Waals surface area contributed by atoms with E-state index in [-0.39, 0.29) is 18.4 Å². The van der Waals surface area contributed by atoms with Crippen LogP contribution in [0.4, 0.5) is 8.78 Å². The molecule has 0 saturated heterocycles. The number of carbonyl (C=O) groups is 2. The van der Waals surface area contributed by atoms with Crippen molar-refractivity contribution in [3.05, 3.63) is 69.7 Å². The van der Waals surface area contributed by atoms with Gasteiger partial charge in [0.2, 0.25) is 5.91 Å². The minimum absolute atomic E-state index is 0.180. The fraction of sp³-hybridized carbons (Fsp3) is 0.222. The van der Waals surface area contributed by atoms with E-state index in [4.69, 9.17) is 4.74 Å². The van der Waals surface area contributed by atoms with Crippen LogP contribution in [0.5, 0.6) is 0 Å². The molecule has 2 rings (SSSR count). The van der Waals surface area contributed by atoms with Crippen LogP contribution in [0.2, 0.25) is 0 Å². The molecule has 1 amide bonds. The molecule has 0 aliphatic heterocycles. The first kappa shape index (κ1) is 19.1. The highest BCUT2D eigenvalue weighted by Crippen LogP contribution is 2.18. The summed E-state index contributed by atoms with van der Waals surface area (Å²) in [6.45, 7) is 0. The summed E-state index contributed by atoms with van der Waals surface area (Å²) >= 11 is 3.38. The molecular formula is C18H16BrF2NO3. The third-order valence-electron chi connectivity index (χ3n) is 3.49. The Morgan fingerprint density at radius 2 is 1.80 bits per heavy atom. The molecule has 0 saturated carbocycles. The van der Waals surface area contributed by atoms with E-state index >= 15 is 0 Å². The molecule has 4 nitrogen and oxygen atoms in total. The van der Waals surface area contributed by atoms with Crippen molar-refractivity contribution in [1.82, 2.24) is 5.32 Å². The first-order valence-electron chi connectivity index (χ1n) is 7.44. The Bertz CT molecular complexity index is 762. The number of rotatable bonds is 6. The second-order valence-corrected chi connectivity index (χ2v) is 6.25. The van der Waals surface area contributed by atoms with Gasteiger partial charge in [0.25, 0.3) is 0 Å². The number of esters is 1. The lowest BCUT2D eigenvalue weighted by Gasteiger charge is -2.17. The zero-order valence-electron chi connectivity index (χ0n) is 13.4. The van der Waals surface area contributed by atoms with E-state index in [1.54, 1.807) is 0 Å². The molecule has 1 N–H and O–H groups in total. The maximum absolute atomic E-state index is 13.2. The molecule has 132 valence electrons. The Morgan fingerprint density at radius 3 is 2.40 bits per heavy atom. The SMILES string of the molecule is COC(=O)[C@@H](Cc1ccccc1Br)NC(=O)Cc1cc(F)cc(F)c1. The van der Waals surface area contributed by atoms with E-state index in [0.29, 0.717) is 0 Å². The lowest BCUT2D eigenvalue weighted by molar-refractivity contribution is -0.145. The summed E-state index contributed by atoms with van der Waals surface area (Å²) in [5, 5.41) is 2.55. The van der Waals surface area contributed by atoms with Crippen LogP contribution < -0.4 is 5.32 Å². The third-order valence-corrected chi connectivity index (χ3v) is 4.26. The number of hydrogen-bond acceptors (Lipinski definition) is 3. The quantitative estimate of drug-likeness (QED) is 0.742. The molecule has 2 aromatic carbocycles. The van der Waals surface area contributed by atoms with Gasteiger partial charge >= 0.3 is 5.97 Å². The lowest BCUT2D eigenvalue weighted by atomic mass is 10.1. The van der Waals surface area contributed by atoms with Crippen LogP contribution in [0.3, 0.4) is 0 Å². The van der Waals surface area contributed by atoms with E-state index in [0.717, 1.165) is 28.2 Å². The summed E-state index contributed by atoms with van der Waals surface area (Å²) in [7, 11) is 1.23. The van der Waals surface area contributed by atoms with Crippen molar-refractivity contribution < 1.29 is 23.1 Å². The van der Waals surface area contributed by atoms with Crippen LogP contribution in [-0.4, -0.2) is 25.0 Å². The predicted molar refractivity (Wildman–Crippen MR) is 91.9 cm³/mol. The smallest absolute Gasteiger partial charge is 0.328 e. The van der Waals surface area contributed by atoms with Gasteiger partial charge in [-0.3, -0.25) is 4.79 Å². The fourth-order valence-corrected chi connectivity index (χ4v) is 2.81. The van der Waals surface area contributed by atoms with Gasteiger partial charge in [0.1, 0.15) is 17.7 Å². The molecule has 0 aliphatic rings. The van der Waals surface area contributed by atoms with Crippen molar-refractivity contribution >= 4 is 27.8 Å². The number of halogens is 3. The summed E-state index contributed by atoms with van der Waals surface area (Å²) in [4.78, 5) is 24.1. The zero-order chi connectivity index (χ0) is 18.4. The van der Waals surface area contributed by atoms with Crippen molar-refractivity contribution in [2.45, 2.75) is 18.9 Å². The van der Waals surface area contributed by atoms with E-state index < -0.39 is 29.6 Å². The van der Waals surface area contributed by atoms with E-state index in [2.05, 4.69) is 21.2 Å². The number of hydrogen-bond donors (Lipinski definition) is 1. The second-order valence-electron chi connectivity index (χ2n) is 5.39. The van der Waals surface area contributed by atoms with Gasteiger partial charge in [-0.25, -0.2) is 13.6 Å². The Balaban J connectivity index is 2.09. The standard InChI is InChI=1S/C18H16BrF2NO3/c1-25-18(24)16(9-12-4-2-3-5-15(12)19)22-17(23)8-11-6-13(20)10-14(21)7-11/h2-7,10,16H,8-9H2,1H3,(H,22,23)/t16-/m1/s1. The first-order chi connectivity index (χ1) is 11.9. The van der Waals surface area contributed by atoms with Crippen LogP contribution in [0, 0.1) is 11.6 Å². The highest BCUT2D eigenvalue weighted by Gasteiger charge is 2.23. The van der Waals surface area contributed by atoms with Gasteiger partial charge in [0.15, 0.2) is 0 Å². The lowest BCUT2D eigenvalue weighted by Crippen LogP contribution is -2.43. The van der Waals surface area contributed by atoms with Gasteiger partial charge in [0, 0.05) is 17.0 Å². The predicted octanol–water partition coefficient (Wildman–Crippen LogP) is 3.17. The van der Waals surface area contributed by atoms with Gasteiger partial charge in [-0.05, 0) is 29.3 Å². The average molecular weight is 412 g/mol. The Morgan fingerprint density at radius 1 is 1.16 bits per heavy atom. The Hall–Kier alpha value is -2.28. The number of benzene rings is 2. The number of ether oxygens (including phenoxy) is 1. The number of nitrogens with one attached hydrogen (secondary N) is 1. The van der Waals surface area contributed by atoms with Crippen molar-refractivity contribution in [3.8, 4) is 0 Å². The molecule has 0 heterocycles. The number of carbonyl (C=O) groups excluding carboxylic acids is 2. The topological polar surface area (TPSA) is 55.4 Å². The molecule has 0 aromatic heterocycles. The van der Waals surface area contributed by atoms with Crippen LogP contribution >= 0.6 is 15.9 Å². The molecule has 2 aromatic rings. The van der Waals surface area contributed by atoms with Gasteiger partial charge in [-0.1, -0.05) is 34.1 Å². The maximum atomic E-state index is 13.2. The summed E-state index contributed by atoms with van der Waals surface area (Å²) in [6.07, 6.45) is -0.0323. The molecule has 1 atom stereocenters. The second kappa shape index (κ2) is 8.71. The van der Waals surface area contributed by atoms with Crippen LogP contribution in [0.1, 0.15) is 11.1 Å². The largest absolute Gasteiger partial charge is 0.467 e. The molecular weight excluding hydrogens is 396 g/mol. The highest BCUT2D eigenvalue weighted by molar-refractivity contribution is 9.10. The maximum Gasteiger partial charge on any atom is 0.328 e. The van der Waals surface area contributed by atoms with Crippen molar-refractivity contribution in [2.75, 3.05) is 7.11 Å². The highest BCUT2D eigenvalue weighted by atomic mass is 79.9. The van der Waals surface area contributed by atoms with Gasteiger partial charge in [0.05, 0.1) is 13.5 Å². The minimum atomic E-state index is -0.908. The monoisotopic (exact) mass is 411 g/mol. The molecule has 0 unspecified atom stereocenters. The van der Waals surface area contributed by atoms with E-state index in [1.807, 2.05) is 24.3 Å². The average Bonchev–Trinajstić information content (AvgIpc) is 2.54. The van der Waals surface area contributed by atoms with E-state index in [1.165, 1.54) is 7.11 Å². The van der Waals surface area contributed by atoms with Crippen molar-refractivity contribution in [1.29, 1.82) is 0 Å². The van der Waals surface area contributed by atoms with Gasteiger partial charge in [-0.15, -0.1) is 0 Å².